The van der Waals surface area contributed by atoms with Crippen molar-refractivity contribution in [1.82, 2.24) is 15.5 Å². The van der Waals surface area contributed by atoms with Crippen LogP contribution in [0.5, 0.6) is 0 Å². The van der Waals surface area contributed by atoms with Crippen LogP contribution in [0.4, 0.5) is 10.6 Å². The summed E-state index contributed by atoms with van der Waals surface area (Å²) in [6.07, 6.45) is 3.98. The molecule has 3 N–H and O–H groups in total. The number of hydrogen-bond acceptors (Lipinski definition) is 5. The Morgan fingerprint density at radius 1 is 1.41 bits per heavy atom. The zero-order valence-corrected chi connectivity index (χ0v) is 15.9. The molecule has 2 saturated carbocycles. The molecule has 1 aliphatic heterocycles. The molecule has 148 valence electrons. The standard InChI is InChI=1S/C19H28N4O4/c1-11(2)20-18(25)27-13-4-3-12(7-13)15-8-16(23-22-15)21-17(24)14-9-19(14)5-6-26-10-19/h8,11-14H,3-7,9-10H2,1-2H3,(H,20,25)(H2,21,22,23,24)/t12-,13+,14+,19-/m0/s1. The smallest absolute Gasteiger partial charge is 0.407 e. The van der Waals surface area contributed by atoms with Gasteiger partial charge in [0.1, 0.15) is 6.10 Å². The number of aromatic amines is 1. The third-order valence-corrected chi connectivity index (χ3v) is 5.99. The van der Waals surface area contributed by atoms with E-state index in [9.17, 15) is 9.59 Å². The fraction of sp³-hybridized carbons (Fsp3) is 0.737. The number of nitrogens with one attached hydrogen (secondary N) is 3. The minimum Gasteiger partial charge on any atom is -0.446 e. The maximum Gasteiger partial charge on any atom is 0.407 e. The van der Waals surface area contributed by atoms with Gasteiger partial charge in [0.25, 0.3) is 0 Å². The molecule has 8 nitrogen and oxygen atoms in total. The molecule has 2 amide bonds. The van der Waals surface area contributed by atoms with E-state index >= 15 is 0 Å². The van der Waals surface area contributed by atoms with Crippen molar-refractivity contribution in [3.63, 3.8) is 0 Å². The second-order valence-corrected chi connectivity index (χ2v) is 8.46. The van der Waals surface area contributed by atoms with Crippen LogP contribution in [0.2, 0.25) is 0 Å². The average molecular weight is 376 g/mol. The second kappa shape index (κ2) is 7.14. The van der Waals surface area contributed by atoms with Gasteiger partial charge in [-0.1, -0.05) is 0 Å². The topological polar surface area (TPSA) is 105 Å². The van der Waals surface area contributed by atoms with Gasteiger partial charge < -0.3 is 20.1 Å². The van der Waals surface area contributed by atoms with E-state index in [1.807, 2.05) is 19.9 Å². The summed E-state index contributed by atoms with van der Waals surface area (Å²) in [6, 6.07) is 1.97. The van der Waals surface area contributed by atoms with Gasteiger partial charge in [-0.15, -0.1) is 0 Å². The maximum absolute atomic E-state index is 12.4. The van der Waals surface area contributed by atoms with Gasteiger partial charge >= 0.3 is 6.09 Å². The third kappa shape index (κ3) is 3.95. The van der Waals surface area contributed by atoms with Gasteiger partial charge in [-0.3, -0.25) is 9.89 Å². The first-order chi connectivity index (χ1) is 12.9. The van der Waals surface area contributed by atoms with Crippen LogP contribution in [-0.4, -0.2) is 47.6 Å². The molecule has 1 saturated heterocycles. The Kier molecular flexibility index (Phi) is 4.84. The van der Waals surface area contributed by atoms with E-state index in [-0.39, 0.29) is 41.4 Å². The van der Waals surface area contributed by atoms with E-state index in [4.69, 9.17) is 9.47 Å². The summed E-state index contributed by atoms with van der Waals surface area (Å²) in [4.78, 5) is 24.2. The lowest BCUT2D eigenvalue weighted by molar-refractivity contribution is -0.118. The first-order valence-corrected chi connectivity index (χ1v) is 9.86. The number of alkyl carbamates (subject to hydrolysis) is 1. The zero-order valence-electron chi connectivity index (χ0n) is 15.9. The Morgan fingerprint density at radius 2 is 2.26 bits per heavy atom. The lowest BCUT2D eigenvalue weighted by Crippen LogP contribution is -2.33. The van der Waals surface area contributed by atoms with Gasteiger partial charge in [-0.25, -0.2) is 4.79 Å². The van der Waals surface area contributed by atoms with Crippen LogP contribution in [0.15, 0.2) is 6.07 Å². The van der Waals surface area contributed by atoms with Crippen LogP contribution in [0, 0.1) is 11.3 Å². The summed E-state index contributed by atoms with van der Waals surface area (Å²) >= 11 is 0. The summed E-state index contributed by atoms with van der Waals surface area (Å²) < 4.78 is 10.9. The van der Waals surface area contributed by atoms with Crippen molar-refractivity contribution in [3.05, 3.63) is 11.8 Å². The van der Waals surface area contributed by atoms with Crippen molar-refractivity contribution >= 4 is 17.8 Å². The van der Waals surface area contributed by atoms with E-state index in [1.165, 1.54) is 0 Å². The molecule has 4 atom stereocenters. The Hall–Kier alpha value is -2.09. The van der Waals surface area contributed by atoms with E-state index < -0.39 is 0 Å². The Morgan fingerprint density at radius 3 is 3.00 bits per heavy atom. The highest BCUT2D eigenvalue weighted by atomic mass is 16.6. The van der Waals surface area contributed by atoms with Crippen molar-refractivity contribution in [1.29, 1.82) is 0 Å². The fourth-order valence-electron chi connectivity index (χ4n) is 4.35. The molecular formula is C19H28N4O4. The van der Waals surface area contributed by atoms with Gasteiger partial charge in [0, 0.05) is 41.7 Å². The van der Waals surface area contributed by atoms with Gasteiger partial charge in [0.15, 0.2) is 5.82 Å². The van der Waals surface area contributed by atoms with Crippen molar-refractivity contribution in [2.24, 2.45) is 11.3 Å². The molecule has 0 radical (unpaired) electrons. The number of anilines is 1. The summed E-state index contributed by atoms with van der Waals surface area (Å²) in [5, 5.41) is 13.0. The number of amides is 2. The summed E-state index contributed by atoms with van der Waals surface area (Å²) in [5.41, 5.74) is 1.06. The largest absolute Gasteiger partial charge is 0.446 e. The number of rotatable bonds is 5. The van der Waals surface area contributed by atoms with E-state index in [1.54, 1.807) is 0 Å². The maximum atomic E-state index is 12.4. The predicted octanol–water partition coefficient (Wildman–Crippen LogP) is 2.55. The molecule has 0 bridgehead atoms. The Balaban J connectivity index is 1.27. The fourth-order valence-corrected chi connectivity index (χ4v) is 4.35. The highest BCUT2D eigenvalue weighted by molar-refractivity contribution is 5.94. The molecule has 1 aromatic rings. The number of aromatic nitrogens is 2. The lowest BCUT2D eigenvalue weighted by atomic mass is 10.0. The molecular weight excluding hydrogens is 348 g/mol. The van der Waals surface area contributed by atoms with Crippen molar-refractivity contribution in [2.45, 2.75) is 64.0 Å². The third-order valence-electron chi connectivity index (χ3n) is 5.99. The molecule has 3 aliphatic rings. The minimum absolute atomic E-state index is 0.0385. The number of nitrogens with zero attached hydrogens (tertiary/aromatic N) is 1. The normalized spacial score (nSPS) is 32.0. The van der Waals surface area contributed by atoms with Gasteiger partial charge in [0.05, 0.1) is 6.61 Å². The minimum atomic E-state index is -0.359. The van der Waals surface area contributed by atoms with E-state index in [0.717, 1.165) is 44.4 Å². The molecule has 1 aromatic heterocycles. The highest BCUT2D eigenvalue weighted by Crippen LogP contribution is 2.58. The van der Waals surface area contributed by atoms with Crippen LogP contribution in [0.25, 0.3) is 0 Å². The predicted molar refractivity (Wildman–Crippen MR) is 98.3 cm³/mol. The molecule has 0 unspecified atom stereocenters. The molecule has 3 fully saturated rings. The summed E-state index contributed by atoms with van der Waals surface area (Å²) in [7, 11) is 0. The van der Waals surface area contributed by atoms with E-state index in [2.05, 4.69) is 20.8 Å². The van der Waals surface area contributed by atoms with Gasteiger partial charge in [0.2, 0.25) is 5.91 Å². The van der Waals surface area contributed by atoms with Crippen molar-refractivity contribution < 1.29 is 19.1 Å². The number of carbonyl (C=O) groups is 2. The van der Waals surface area contributed by atoms with Gasteiger partial charge in [-0.05, 0) is 46.0 Å². The molecule has 2 heterocycles. The number of ether oxygens (including phenoxy) is 2. The first kappa shape index (κ1) is 18.3. The lowest BCUT2D eigenvalue weighted by Gasteiger charge is -2.14. The molecule has 27 heavy (non-hydrogen) atoms. The number of carbonyl (C=O) groups excluding carboxylic acids is 2. The van der Waals surface area contributed by atoms with Crippen LogP contribution < -0.4 is 10.6 Å². The van der Waals surface area contributed by atoms with Gasteiger partial charge in [-0.2, -0.15) is 5.10 Å². The van der Waals surface area contributed by atoms with Crippen LogP contribution in [-0.2, 0) is 14.3 Å². The molecule has 4 rings (SSSR count). The number of hydrogen-bond donors (Lipinski definition) is 3. The summed E-state index contributed by atoms with van der Waals surface area (Å²) in [5.74, 6) is 0.911. The second-order valence-electron chi connectivity index (χ2n) is 8.46. The van der Waals surface area contributed by atoms with Crippen molar-refractivity contribution in [3.8, 4) is 0 Å². The van der Waals surface area contributed by atoms with Crippen LogP contribution in [0.1, 0.15) is 57.6 Å². The van der Waals surface area contributed by atoms with Crippen molar-refractivity contribution in [2.75, 3.05) is 18.5 Å². The average Bonchev–Trinajstić information content (AvgIpc) is 3.01. The first-order valence-electron chi connectivity index (χ1n) is 9.86. The summed E-state index contributed by atoms with van der Waals surface area (Å²) in [6.45, 7) is 5.27. The highest BCUT2D eigenvalue weighted by Gasteiger charge is 2.59. The SMILES string of the molecule is CC(C)NC(=O)O[C@@H]1CC[C@H](c2cc(NC(=O)[C@H]3C[C@]34CCOC4)n[nH]2)C1. The molecule has 8 heteroatoms. The molecule has 0 aromatic carbocycles. The van der Waals surface area contributed by atoms with E-state index in [0.29, 0.717) is 12.4 Å². The monoisotopic (exact) mass is 376 g/mol. The Labute approximate surface area is 158 Å². The molecule has 1 spiro atoms. The molecule has 2 aliphatic carbocycles. The quantitative estimate of drug-likeness (QED) is 0.732. The van der Waals surface area contributed by atoms with Crippen LogP contribution in [0.3, 0.4) is 0 Å². The van der Waals surface area contributed by atoms with Crippen LogP contribution >= 0.6 is 0 Å². The Bertz CT molecular complexity index is 710. The number of H-pyrrole nitrogens is 1. The zero-order chi connectivity index (χ0) is 19.0.